The number of hydrogen-bond acceptors (Lipinski definition) is 5. The number of aromatic nitrogens is 3. The molecule has 190 valence electrons. The zero-order valence-corrected chi connectivity index (χ0v) is 20.3. The van der Waals surface area contributed by atoms with E-state index in [1.165, 1.54) is 18.2 Å². The summed E-state index contributed by atoms with van der Waals surface area (Å²) >= 11 is 0. The fourth-order valence-corrected chi connectivity index (χ4v) is 8.53. The van der Waals surface area contributed by atoms with Crippen molar-refractivity contribution in [2.45, 2.75) is 56.7 Å². The van der Waals surface area contributed by atoms with Crippen molar-refractivity contribution in [2.24, 2.45) is 23.2 Å². The third-order valence-corrected chi connectivity index (χ3v) is 9.78. The first-order valence-corrected chi connectivity index (χ1v) is 13.3. The van der Waals surface area contributed by atoms with Gasteiger partial charge in [0.2, 0.25) is 0 Å². The lowest BCUT2D eigenvalue weighted by Gasteiger charge is -2.61. The molecule has 7 atom stereocenters. The van der Waals surface area contributed by atoms with Crippen LogP contribution in [-0.4, -0.2) is 31.8 Å². The minimum Gasteiger partial charge on any atom is -0.423 e. The van der Waals surface area contributed by atoms with Crippen molar-refractivity contribution in [3.05, 3.63) is 66.1 Å². The molecule has 1 aliphatic heterocycles. The Balaban J connectivity index is 1.05. The van der Waals surface area contributed by atoms with Gasteiger partial charge in [0.05, 0.1) is 30.4 Å². The SMILES string of the molecule is OC(CC1c2c(F)cccc2-c2cncn21)C12CC3CC(C1)C(Nc1nc4ccc(F)cc4o1)[C@H](C3)C2. The molecule has 6 nitrogen and oxygen atoms in total. The number of imidazole rings is 1. The monoisotopic (exact) mass is 502 g/mol. The number of nitrogens with one attached hydrogen (secondary N) is 1. The summed E-state index contributed by atoms with van der Waals surface area (Å²) in [7, 11) is 0. The standard InChI is InChI=1S/C29H28F2N4O2/c30-18-4-5-21-24(8-18)37-28(33-21)34-27-16-6-15-7-17(27)12-29(10-15,11-16)25(36)9-22-26-19(2-1-3-20(26)31)23-13-32-14-35(22)23/h1-5,8,13-17,22,25,27,36H,6-7,9-12H2,(H,33,34)/t15?,16-,17?,22?,25?,27?,29?/m1/s1. The van der Waals surface area contributed by atoms with Crippen LogP contribution >= 0.6 is 0 Å². The fourth-order valence-electron chi connectivity index (χ4n) is 8.53. The van der Waals surface area contributed by atoms with Crippen molar-refractivity contribution in [1.29, 1.82) is 0 Å². The molecule has 4 saturated carbocycles. The minimum absolute atomic E-state index is 0.159. The summed E-state index contributed by atoms with van der Waals surface area (Å²) in [6.45, 7) is 0. The van der Waals surface area contributed by atoms with E-state index in [1.807, 2.05) is 10.6 Å². The van der Waals surface area contributed by atoms with Gasteiger partial charge in [-0.2, -0.15) is 4.98 Å². The second-order valence-corrected chi connectivity index (χ2v) is 11.8. The number of aliphatic hydroxyl groups excluding tert-OH is 1. The Hall–Kier alpha value is -3.26. The largest absolute Gasteiger partial charge is 0.423 e. The molecule has 4 bridgehead atoms. The molecule has 8 heteroatoms. The van der Waals surface area contributed by atoms with Crippen molar-refractivity contribution < 1.29 is 18.3 Å². The molecule has 4 aliphatic carbocycles. The Morgan fingerprint density at radius 3 is 2.81 bits per heavy atom. The molecule has 3 heterocycles. The molecule has 2 aromatic heterocycles. The zero-order chi connectivity index (χ0) is 24.9. The molecular formula is C29H28F2N4O2. The molecule has 5 aliphatic rings. The molecule has 4 aromatic rings. The number of nitrogens with zero attached hydrogens (tertiary/aromatic N) is 3. The predicted molar refractivity (Wildman–Crippen MR) is 134 cm³/mol. The lowest BCUT2D eigenvalue weighted by Crippen LogP contribution is -2.59. The maximum Gasteiger partial charge on any atom is 0.295 e. The quantitative estimate of drug-likeness (QED) is 0.354. The van der Waals surface area contributed by atoms with Gasteiger partial charge in [-0.3, -0.25) is 0 Å². The van der Waals surface area contributed by atoms with Crippen molar-refractivity contribution in [1.82, 2.24) is 14.5 Å². The lowest BCUT2D eigenvalue weighted by atomic mass is 9.46. The van der Waals surface area contributed by atoms with Crippen LogP contribution in [-0.2, 0) is 0 Å². The van der Waals surface area contributed by atoms with Crippen molar-refractivity contribution in [3.63, 3.8) is 0 Å². The van der Waals surface area contributed by atoms with Gasteiger partial charge >= 0.3 is 0 Å². The Bertz CT molecular complexity index is 1510. The van der Waals surface area contributed by atoms with Gasteiger partial charge in [-0.1, -0.05) is 12.1 Å². The van der Waals surface area contributed by atoms with Crippen LogP contribution in [0, 0.1) is 34.8 Å². The number of benzene rings is 2. The molecule has 4 fully saturated rings. The maximum atomic E-state index is 15.0. The molecule has 6 unspecified atom stereocenters. The molecule has 2 aromatic carbocycles. The van der Waals surface area contributed by atoms with E-state index in [0.29, 0.717) is 46.9 Å². The molecule has 0 amide bonds. The molecule has 0 radical (unpaired) electrons. The van der Waals surface area contributed by atoms with E-state index in [4.69, 9.17) is 4.42 Å². The van der Waals surface area contributed by atoms with E-state index in [9.17, 15) is 13.9 Å². The smallest absolute Gasteiger partial charge is 0.295 e. The van der Waals surface area contributed by atoms with Crippen molar-refractivity contribution in [3.8, 4) is 11.3 Å². The minimum atomic E-state index is -0.528. The number of hydrogen-bond donors (Lipinski definition) is 2. The molecule has 0 saturated heterocycles. The van der Waals surface area contributed by atoms with E-state index in [1.54, 1.807) is 24.7 Å². The van der Waals surface area contributed by atoms with Crippen LogP contribution < -0.4 is 5.32 Å². The molecule has 9 rings (SSSR count). The normalized spacial score (nSPS) is 32.0. The van der Waals surface area contributed by atoms with Gasteiger partial charge < -0.3 is 19.4 Å². The predicted octanol–water partition coefficient (Wildman–Crippen LogP) is 5.93. The highest BCUT2D eigenvalue weighted by molar-refractivity contribution is 5.74. The van der Waals surface area contributed by atoms with Crippen LogP contribution in [0.5, 0.6) is 0 Å². The van der Waals surface area contributed by atoms with Crippen LogP contribution in [0.2, 0.25) is 0 Å². The van der Waals surface area contributed by atoms with Gasteiger partial charge in [0.15, 0.2) is 5.58 Å². The Morgan fingerprint density at radius 2 is 1.97 bits per heavy atom. The zero-order valence-electron chi connectivity index (χ0n) is 20.3. The highest BCUT2D eigenvalue weighted by Gasteiger charge is 2.58. The van der Waals surface area contributed by atoms with E-state index >= 15 is 0 Å². The summed E-state index contributed by atoms with van der Waals surface area (Å²) < 4.78 is 36.5. The summed E-state index contributed by atoms with van der Waals surface area (Å²) in [4.78, 5) is 8.84. The second-order valence-electron chi connectivity index (χ2n) is 11.8. The van der Waals surface area contributed by atoms with Crippen molar-refractivity contribution in [2.75, 3.05) is 5.32 Å². The van der Waals surface area contributed by atoms with Crippen molar-refractivity contribution >= 4 is 17.1 Å². The Labute approximate surface area is 212 Å². The van der Waals surface area contributed by atoms with Gasteiger partial charge in [-0.25, -0.2) is 13.8 Å². The van der Waals surface area contributed by atoms with Gasteiger partial charge in [0.25, 0.3) is 6.01 Å². The maximum absolute atomic E-state index is 15.0. The number of halogens is 2. The van der Waals surface area contributed by atoms with E-state index < -0.39 is 6.10 Å². The number of fused-ring (bicyclic) bond motifs is 4. The van der Waals surface area contributed by atoms with Crippen LogP contribution in [0.15, 0.2) is 53.3 Å². The number of anilines is 1. The Kier molecular flexibility index (Phi) is 4.49. The lowest BCUT2D eigenvalue weighted by molar-refractivity contribution is -0.129. The summed E-state index contributed by atoms with van der Waals surface area (Å²) in [5.74, 6) is 0.854. The molecular weight excluding hydrogens is 474 g/mol. The summed E-state index contributed by atoms with van der Waals surface area (Å²) in [6.07, 6.45) is 8.66. The topological polar surface area (TPSA) is 76.1 Å². The van der Waals surface area contributed by atoms with Crippen LogP contribution in [0.4, 0.5) is 14.8 Å². The Morgan fingerprint density at radius 1 is 1.14 bits per heavy atom. The highest BCUT2D eigenvalue weighted by atomic mass is 19.1. The molecule has 2 N–H and O–H groups in total. The summed E-state index contributed by atoms with van der Waals surface area (Å²) in [6, 6.07) is 10.0. The summed E-state index contributed by atoms with van der Waals surface area (Å²) in [5, 5.41) is 15.4. The fraction of sp³-hybridized carbons (Fsp3) is 0.448. The highest BCUT2D eigenvalue weighted by Crippen LogP contribution is 2.63. The average molecular weight is 503 g/mol. The first kappa shape index (κ1) is 21.8. The number of oxazole rings is 1. The number of aliphatic hydroxyl groups is 1. The molecule has 0 spiro atoms. The first-order chi connectivity index (χ1) is 18.0. The number of rotatable bonds is 5. The average Bonchev–Trinajstić information content (AvgIpc) is 3.57. The van der Waals surface area contributed by atoms with Gasteiger partial charge in [-0.05, 0) is 79.9 Å². The first-order valence-electron chi connectivity index (χ1n) is 13.3. The third kappa shape index (κ3) is 3.17. The summed E-state index contributed by atoms with van der Waals surface area (Å²) in [5.41, 5.74) is 3.40. The van der Waals surface area contributed by atoms with E-state index in [0.717, 1.165) is 43.4 Å². The third-order valence-electron chi connectivity index (χ3n) is 9.78. The van der Waals surface area contributed by atoms with Gasteiger partial charge in [0, 0.05) is 23.2 Å². The van der Waals surface area contributed by atoms with Gasteiger partial charge in [0.1, 0.15) is 17.2 Å². The van der Waals surface area contributed by atoms with Gasteiger partial charge in [-0.15, -0.1) is 0 Å². The van der Waals surface area contributed by atoms with E-state index in [-0.39, 0.29) is 29.1 Å². The van der Waals surface area contributed by atoms with Crippen LogP contribution in [0.25, 0.3) is 22.4 Å². The van der Waals surface area contributed by atoms with Crippen LogP contribution in [0.3, 0.4) is 0 Å². The second kappa shape index (κ2) is 7.63. The van der Waals surface area contributed by atoms with Crippen LogP contribution in [0.1, 0.15) is 50.1 Å². The van der Waals surface area contributed by atoms with E-state index in [2.05, 4.69) is 15.3 Å². The molecule has 37 heavy (non-hydrogen) atoms.